The zero-order valence-corrected chi connectivity index (χ0v) is 18.6. The Labute approximate surface area is 184 Å². The quantitative estimate of drug-likeness (QED) is 0.655. The highest BCUT2D eigenvalue weighted by Crippen LogP contribution is 2.41. The van der Waals surface area contributed by atoms with Gasteiger partial charge < -0.3 is 9.64 Å². The van der Waals surface area contributed by atoms with Crippen molar-refractivity contribution in [3.8, 4) is 0 Å². The minimum Gasteiger partial charge on any atom is -0.380 e. The average Bonchev–Trinajstić information content (AvgIpc) is 3.05. The molecule has 2 saturated heterocycles. The Kier molecular flexibility index (Phi) is 6.75. The highest BCUT2D eigenvalue weighted by atomic mass is 16.5. The standard InChI is InChI=1S/C25H34N2O4/c1-31-21-13-8-14-26(18-21)22(28)15-25(20-11-6-3-7-12-20)16-23(29)27(24(25)30)17-19-9-4-2-5-10-19/h3,6-7,11-12,19,21H,2,4-5,8-10,13-18H2,1H3/t21-,25-/m1/s1. The normalized spacial score (nSPS) is 27.7. The molecule has 6 heteroatoms. The van der Waals surface area contributed by atoms with Crippen molar-refractivity contribution >= 4 is 17.7 Å². The molecule has 31 heavy (non-hydrogen) atoms. The van der Waals surface area contributed by atoms with Gasteiger partial charge in [-0.25, -0.2) is 0 Å². The van der Waals surface area contributed by atoms with E-state index in [-0.39, 0.29) is 36.7 Å². The lowest BCUT2D eigenvalue weighted by molar-refractivity contribution is -0.144. The van der Waals surface area contributed by atoms with Gasteiger partial charge in [0.2, 0.25) is 17.7 Å². The average molecular weight is 427 g/mol. The summed E-state index contributed by atoms with van der Waals surface area (Å²) >= 11 is 0. The van der Waals surface area contributed by atoms with Crippen molar-refractivity contribution in [2.75, 3.05) is 26.7 Å². The molecule has 168 valence electrons. The van der Waals surface area contributed by atoms with Crippen molar-refractivity contribution in [3.63, 3.8) is 0 Å². The van der Waals surface area contributed by atoms with Gasteiger partial charge in [-0.1, -0.05) is 49.6 Å². The third kappa shape index (κ3) is 4.54. The molecular formula is C25H34N2O4. The first-order valence-corrected chi connectivity index (χ1v) is 11.7. The highest BCUT2D eigenvalue weighted by molar-refractivity contribution is 6.10. The molecule has 1 aromatic rings. The van der Waals surface area contributed by atoms with Gasteiger partial charge in [-0.15, -0.1) is 0 Å². The molecule has 0 spiro atoms. The summed E-state index contributed by atoms with van der Waals surface area (Å²) in [5, 5.41) is 0. The second-order valence-corrected chi connectivity index (χ2v) is 9.45. The number of benzene rings is 1. The second kappa shape index (κ2) is 9.51. The van der Waals surface area contributed by atoms with Crippen LogP contribution in [-0.2, 0) is 24.5 Å². The van der Waals surface area contributed by atoms with E-state index < -0.39 is 5.41 Å². The Morgan fingerprint density at radius 3 is 2.52 bits per heavy atom. The molecule has 0 radical (unpaired) electrons. The second-order valence-electron chi connectivity index (χ2n) is 9.45. The third-order valence-electron chi connectivity index (χ3n) is 7.42. The Balaban J connectivity index is 1.58. The predicted molar refractivity (Wildman–Crippen MR) is 117 cm³/mol. The maximum absolute atomic E-state index is 13.8. The lowest BCUT2D eigenvalue weighted by atomic mass is 9.75. The summed E-state index contributed by atoms with van der Waals surface area (Å²) in [4.78, 5) is 43.4. The van der Waals surface area contributed by atoms with Crippen LogP contribution in [0.5, 0.6) is 0 Å². The molecule has 0 unspecified atom stereocenters. The van der Waals surface area contributed by atoms with Crippen LogP contribution in [0.15, 0.2) is 30.3 Å². The van der Waals surface area contributed by atoms with Crippen LogP contribution < -0.4 is 0 Å². The highest BCUT2D eigenvalue weighted by Gasteiger charge is 2.54. The number of nitrogens with zero attached hydrogens (tertiary/aromatic N) is 2. The third-order valence-corrected chi connectivity index (χ3v) is 7.42. The minimum absolute atomic E-state index is 0.0362. The van der Waals surface area contributed by atoms with Crippen molar-refractivity contribution in [2.24, 2.45) is 5.92 Å². The van der Waals surface area contributed by atoms with Crippen LogP contribution in [0.4, 0.5) is 0 Å². The number of carbonyl (C=O) groups excluding carboxylic acids is 3. The Hall–Kier alpha value is -2.21. The fraction of sp³-hybridized carbons (Fsp3) is 0.640. The van der Waals surface area contributed by atoms with E-state index in [1.165, 1.54) is 24.2 Å². The number of imide groups is 1. The van der Waals surface area contributed by atoms with Gasteiger partial charge in [0.05, 0.1) is 11.5 Å². The van der Waals surface area contributed by atoms with Crippen LogP contribution in [0.3, 0.4) is 0 Å². The predicted octanol–water partition coefficient (Wildman–Crippen LogP) is 3.29. The van der Waals surface area contributed by atoms with Crippen molar-refractivity contribution in [1.29, 1.82) is 0 Å². The molecule has 0 N–H and O–H groups in total. The summed E-state index contributed by atoms with van der Waals surface area (Å²) in [5.41, 5.74) is -0.322. The fourth-order valence-corrected chi connectivity index (χ4v) is 5.56. The van der Waals surface area contributed by atoms with Gasteiger partial charge in [-0.3, -0.25) is 19.3 Å². The van der Waals surface area contributed by atoms with Crippen LogP contribution >= 0.6 is 0 Å². The van der Waals surface area contributed by atoms with Crippen LogP contribution in [-0.4, -0.2) is 60.4 Å². The van der Waals surface area contributed by atoms with Crippen molar-refractivity contribution in [1.82, 2.24) is 9.80 Å². The van der Waals surface area contributed by atoms with Gasteiger partial charge in [0.25, 0.3) is 0 Å². The Morgan fingerprint density at radius 2 is 1.81 bits per heavy atom. The lowest BCUT2D eigenvalue weighted by Crippen LogP contribution is -2.47. The molecule has 2 heterocycles. The minimum atomic E-state index is -1.09. The first-order valence-electron chi connectivity index (χ1n) is 11.7. The maximum atomic E-state index is 13.8. The number of rotatable bonds is 6. The molecule has 3 aliphatic rings. The Bertz CT molecular complexity index is 805. The summed E-state index contributed by atoms with van der Waals surface area (Å²) in [6.07, 6.45) is 7.70. The molecule has 2 aliphatic heterocycles. The molecule has 1 aromatic carbocycles. The van der Waals surface area contributed by atoms with Gasteiger partial charge in [0, 0.05) is 39.6 Å². The van der Waals surface area contributed by atoms with Crippen LogP contribution in [0.2, 0.25) is 0 Å². The van der Waals surface area contributed by atoms with E-state index >= 15 is 0 Å². The molecule has 0 bridgehead atoms. The van der Waals surface area contributed by atoms with Crippen molar-refractivity contribution in [2.45, 2.75) is 69.3 Å². The first-order chi connectivity index (χ1) is 15.0. The van der Waals surface area contributed by atoms with Gasteiger partial charge >= 0.3 is 0 Å². The molecule has 3 amide bonds. The first kappa shape index (κ1) is 22.0. The number of ether oxygens (including phenoxy) is 1. The van der Waals surface area contributed by atoms with E-state index in [1.54, 1.807) is 7.11 Å². The monoisotopic (exact) mass is 426 g/mol. The SMILES string of the molecule is CO[C@@H]1CCCN(C(=O)C[C@]2(c3ccccc3)CC(=O)N(CC3CCCCC3)C2=O)C1. The number of likely N-dealkylation sites (tertiary alicyclic amines) is 2. The molecule has 4 rings (SSSR count). The van der Waals surface area contributed by atoms with E-state index in [4.69, 9.17) is 4.74 Å². The summed E-state index contributed by atoms with van der Waals surface area (Å²) in [7, 11) is 1.67. The summed E-state index contributed by atoms with van der Waals surface area (Å²) in [6.45, 7) is 1.72. The van der Waals surface area contributed by atoms with Crippen LogP contribution in [0.1, 0.15) is 63.4 Å². The van der Waals surface area contributed by atoms with E-state index in [9.17, 15) is 14.4 Å². The zero-order valence-electron chi connectivity index (χ0n) is 18.6. The summed E-state index contributed by atoms with van der Waals surface area (Å²) < 4.78 is 5.47. The molecular weight excluding hydrogens is 392 g/mol. The molecule has 1 aliphatic carbocycles. The molecule has 6 nitrogen and oxygen atoms in total. The van der Waals surface area contributed by atoms with Crippen molar-refractivity contribution < 1.29 is 19.1 Å². The Morgan fingerprint density at radius 1 is 1.06 bits per heavy atom. The number of carbonyl (C=O) groups is 3. The number of piperidine rings is 1. The van der Waals surface area contributed by atoms with Gasteiger partial charge in [0.1, 0.15) is 0 Å². The van der Waals surface area contributed by atoms with Crippen molar-refractivity contribution in [3.05, 3.63) is 35.9 Å². The lowest BCUT2D eigenvalue weighted by Gasteiger charge is -2.35. The van der Waals surface area contributed by atoms with E-state index in [2.05, 4.69) is 0 Å². The van der Waals surface area contributed by atoms with E-state index in [0.29, 0.717) is 25.6 Å². The number of amides is 3. The van der Waals surface area contributed by atoms with Crippen LogP contribution in [0.25, 0.3) is 0 Å². The topological polar surface area (TPSA) is 66.9 Å². The van der Waals surface area contributed by atoms with Gasteiger partial charge in [0.15, 0.2) is 0 Å². The smallest absolute Gasteiger partial charge is 0.240 e. The molecule has 1 saturated carbocycles. The fourth-order valence-electron chi connectivity index (χ4n) is 5.56. The number of hydrogen-bond acceptors (Lipinski definition) is 4. The van der Waals surface area contributed by atoms with E-state index in [1.807, 2.05) is 35.2 Å². The molecule has 0 aromatic heterocycles. The summed E-state index contributed by atoms with van der Waals surface area (Å²) in [6, 6.07) is 9.43. The number of methoxy groups -OCH3 is 1. The zero-order chi connectivity index (χ0) is 21.8. The van der Waals surface area contributed by atoms with Gasteiger partial charge in [-0.05, 0) is 37.2 Å². The van der Waals surface area contributed by atoms with E-state index in [0.717, 1.165) is 31.2 Å². The largest absolute Gasteiger partial charge is 0.380 e. The number of hydrogen-bond donors (Lipinski definition) is 0. The maximum Gasteiger partial charge on any atom is 0.240 e. The van der Waals surface area contributed by atoms with Gasteiger partial charge in [-0.2, -0.15) is 0 Å². The van der Waals surface area contributed by atoms with Crippen LogP contribution in [0, 0.1) is 5.92 Å². The molecule has 3 fully saturated rings. The summed E-state index contributed by atoms with van der Waals surface area (Å²) in [5.74, 6) is -0.0108. The molecule has 2 atom stereocenters.